The first kappa shape index (κ1) is 12.1. The highest BCUT2D eigenvalue weighted by atomic mass is 16.5. The minimum Gasteiger partial charge on any atom is -0.479 e. The fourth-order valence-electron chi connectivity index (χ4n) is 2.70. The van der Waals surface area contributed by atoms with Gasteiger partial charge in [0.1, 0.15) is 11.4 Å². The highest BCUT2D eigenvalue weighted by Crippen LogP contribution is 2.40. The van der Waals surface area contributed by atoms with E-state index in [0.29, 0.717) is 0 Å². The Bertz CT molecular complexity index is 606. The smallest absolute Gasteiger partial charge is 0.148 e. The Morgan fingerprint density at radius 2 is 1.84 bits per heavy atom. The van der Waals surface area contributed by atoms with Crippen LogP contribution in [-0.2, 0) is 5.60 Å². The summed E-state index contributed by atoms with van der Waals surface area (Å²) in [7, 11) is 0. The Labute approximate surface area is 114 Å². The van der Waals surface area contributed by atoms with Gasteiger partial charge >= 0.3 is 0 Å². The predicted octanol–water partition coefficient (Wildman–Crippen LogP) is 4.02. The second-order valence-corrected chi connectivity index (χ2v) is 5.51. The molecule has 0 saturated carbocycles. The maximum Gasteiger partial charge on any atom is 0.148 e. The normalized spacial score (nSPS) is 21.2. The summed E-state index contributed by atoms with van der Waals surface area (Å²) >= 11 is 0. The maximum absolute atomic E-state index is 6.33. The van der Waals surface area contributed by atoms with E-state index in [1.807, 2.05) is 6.07 Å². The largest absolute Gasteiger partial charge is 0.479 e. The molecule has 0 aromatic heterocycles. The molecule has 0 fully saturated rings. The summed E-state index contributed by atoms with van der Waals surface area (Å²) in [5.41, 5.74) is 4.44. The van der Waals surface area contributed by atoms with Gasteiger partial charge in [0, 0.05) is 0 Å². The summed E-state index contributed by atoms with van der Waals surface area (Å²) < 4.78 is 6.33. The van der Waals surface area contributed by atoms with Crippen LogP contribution in [0.2, 0.25) is 0 Å². The molecule has 0 aliphatic carbocycles. The van der Waals surface area contributed by atoms with Gasteiger partial charge < -0.3 is 10.1 Å². The van der Waals surface area contributed by atoms with Crippen molar-refractivity contribution >= 4 is 5.69 Å². The molecule has 1 aliphatic heterocycles. The van der Waals surface area contributed by atoms with Gasteiger partial charge in [0.2, 0.25) is 0 Å². The summed E-state index contributed by atoms with van der Waals surface area (Å²) in [6.07, 6.45) is 0. The van der Waals surface area contributed by atoms with Gasteiger partial charge in [-0.25, -0.2) is 0 Å². The molecule has 2 aromatic carbocycles. The van der Waals surface area contributed by atoms with Crippen LogP contribution in [-0.4, -0.2) is 6.54 Å². The van der Waals surface area contributed by atoms with Gasteiger partial charge in [-0.3, -0.25) is 0 Å². The molecule has 2 aromatic rings. The molecule has 0 radical (unpaired) electrons. The Morgan fingerprint density at radius 3 is 2.58 bits per heavy atom. The molecule has 2 nitrogen and oxygen atoms in total. The van der Waals surface area contributed by atoms with E-state index in [4.69, 9.17) is 4.74 Å². The third kappa shape index (κ3) is 2.07. The Balaban J connectivity index is 2.02. The van der Waals surface area contributed by atoms with Gasteiger partial charge in [-0.05, 0) is 43.5 Å². The molecule has 0 bridgehead atoms. The van der Waals surface area contributed by atoms with Crippen molar-refractivity contribution in [1.29, 1.82) is 0 Å². The van der Waals surface area contributed by atoms with Crippen LogP contribution in [0, 0.1) is 13.8 Å². The predicted molar refractivity (Wildman–Crippen MR) is 78.8 cm³/mol. The fraction of sp³-hybridized carbons (Fsp3) is 0.294. The molecule has 3 rings (SSSR count). The van der Waals surface area contributed by atoms with Gasteiger partial charge in [0.25, 0.3) is 0 Å². The first-order valence-electron chi connectivity index (χ1n) is 6.68. The Hall–Kier alpha value is -1.96. The quantitative estimate of drug-likeness (QED) is 0.828. The number of hydrogen-bond acceptors (Lipinski definition) is 2. The lowest BCUT2D eigenvalue weighted by Gasteiger charge is -2.37. The molecule has 1 aliphatic rings. The third-order valence-electron chi connectivity index (χ3n) is 3.75. The maximum atomic E-state index is 6.33. The lowest BCUT2D eigenvalue weighted by atomic mass is 9.93. The monoisotopic (exact) mass is 253 g/mol. The molecule has 1 N–H and O–H groups in total. The van der Waals surface area contributed by atoms with E-state index < -0.39 is 0 Å². The van der Waals surface area contributed by atoms with E-state index in [0.717, 1.165) is 18.0 Å². The van der Waals surface area contributed by atoms with Crippen molar-refractivity contribution in [3.8, 4) is 5.75 Å². The minimum atomic E-state index is -0.311. The average Bonchev–Trinajstić information content (AvgIpc) is 2.41. The van der Waals surface area contributed by atoms with Crippen LogP contribution < -0.4 is 10.1 Å². The van der Waals surface area contributed by atoms with Crippen molar-refractivity contribution in [1.82, 2.24) is 0 Å². The van der Waals surface area contributed by atoms with Crippen molar-refractivity contribution in [2.45, 2.75) is 26.4 Å². The standard InChI is InChI=1S/C17H19NO/c1-12-9-13(2)16-15(10-12)18-11-17(3,19-16)14-7-5-4-6-8-14/h4-10,18H,11H2,1-3H3. The first-order chi connectivity index (χ1) is 9.08. The number of anilines is 1. The highest BCUT2D eigenvalue weighted by molar-refractivity contribution is 5.63. The zero-order valence-electron chi connectivity index (χ0n) is 11.7. The average molecular weight is 253 g/mol. The van der Waals surface area contributed by atoms with Crippen LogP contribution in [0.1, 0.15) is 23.6 Å². The van der Waals surface area contributed by atoms with E-state index in [9.17, 15) is 0 Å². The molecule has 98 valence electrons. The van der Waals surface area contributed by atoms with Crippen LogP contribution in [0.5, 0.6) is 5.75 Å². The number of hydrogen-bond donors (Lipinski definition) is 1. The summed E-state index contributed by atoms with van der Waals surface area (Å²) in [6.45, 7) is 7.13. The second-order valence-electron chi connectivity index (χ2n) is 5.51. The van der Waals surface area contributed by atoms with E-state index in [2.05, 4.69) is 62.5 Å². The summed E-state index contributed by atoms with van der Waals surface area (Å²) in [5.74, 6) is 0.975. The van der Waals surface area contributed by atoms with Gasteiger partial charge in [-0.1, -0.05) is 36.4 Å². The van der Waals surface area contributed by atoms with Gasteiger partial charge in [0.05, 0.1) is 12.2 Å². The molecular formula is C17H19NO. The third-order valence-corrected chi connectivity index (χ3v) is 3.75. The first-order valence-corrected chi connectivity index (χ1v) is 6.68. The molecule has 2 heteroatoms. The topological polar surface area (TPSA) is 21.3 Å². The molecule has 0 saturated heterocycles. The van der Waals surface area contributed by atoms with E-state index >= 15 is 0 Å². The summed E-state index contributed by atoms with van der Waals surface area (Å²) in [6, 6.07) is 14.7. The van der Waals surface area contributed by atoms with Crippen LogP contribution in [0.3, 0.4) is 0 Å². The molecule has 0 spiro atoms. The van der Waals surface area contributed by atoms with Gasteiger partial charge in [-0.15, -0.1) is 0 Å². The molecule has 19 heavy (non-hydrogen) atoms. The molecule has 1 heterocycles. The van der Waals surface area contributed by atoms with Crippen molar-refractivity contribution in [2.75, 3.05) is 11.9 Å². The lowest BCUT2D eigenvalue weighted by molar-refractivity contribution is 0.0929. The number of benzene rings is 2. The lowest BCUT2D eigenvalue weighted by Crippen LogP contribution is -2.40. The SMILES string of the molecule is Cc1cc(C)c2c(c1)NCC(C)(c1ccccc1)O2. The van der Waals surface area contributed by atoms with E-state index in [1.165, 1.54) is 16.7 Å². The van der Waals surface area contributed by atoms with Gasteiger partial charge in [0.15, 0.2) is 0 Å². The van der Waals surface area contributed by atoms with Crippen LogP contribution >= 0.6 is 0 Å². The van der Waals surface area contributed by atoms with Crippen LogP contribution in [0.25, 0.3) is 0 Å². The highest BCUT2D eigenvalue weighted by Gasteiger charge is 2.34. The van der Waals surface area contributed by atoms with Crippen molar-refractivity contribution in [2.24, 2.45) is 0 Å². The number of rotatable bonds is 1. The zero-order chi connectivity index (χ0) is 13.5. The number of aryl methyl sites for hydroxylation is 2. The Morgan fingerprint density at radius 1 is 1.11 bits per heavy atom. The molecule has 0 amide bonds. The minimum absolute atomic E-state index is 0.311. The van der Waals surface area contributed by atoms with Crippen LogP contribution in [0.15, 0.2) is 42.5 Å². The zero-order valence-corrected chi connectivity index (χ0v) is 11.7. The molecule has 1 atom stereocenters. The summed E-state index contributed by atoms with van der Waals surface area (Å²) in [5, 5.41) is 3.51. The van der Waals surface area contributed by atoms with Crippen molar-refractivity contribution in [3.63, 3.8) is 0 Å². The number of nitrogens with one attached hydrogen (secondary N) is 1. The summed E-state index contributed by atoms with van der Waals surface area (Å²) in [4.78, 5) is 0. The number of ether oxygens (including phenoxy) is 1. The fourth-order valence-corrected chi connectivity index (χ4v) is 2.70. The number of fused-ring (bicyclic) bond motifs is 1. The molecule has 1 unspecified atom stereocenters. The van der Waals surface area contributed by atoms with E-state index in [-0.39, 0.29) is 5.60 Å². The van der Waals surface area contributed by atoms with Gasteiger partial charge in [-0.2, -0.15) is 0 Å². The van der Waals surface area contributed by atoms with Crippen molar-refractivity contribution in [3.05, 3.63) is 59.2 Å². The Kier molecular flexibility index (Phi) is 2.74. The van der Waals surface area contributed by atoms with E-state index in [1.54, 1.807) is 0 Å². The molecular weight excluding hydrogens is 234 g/mol. The van der Waals surface area contributed by atoms with Crippen LogP contribution in [0.4, 0.5) is 5.69 Å². The second kappa shape index (κ2) is 4.30. The van der Waals surface area contributed by atoms with Crippen molar-refractivity contribution < 1.29 is 4.74 Å².